The number of ether oxygens (including phenoxy) is 1. The lowest BCUT2D eigenvalue weighted by Crippen LogP contribution is -2.52. The number of carbonyl (C=O) groups excluding carboxylic acids is 2. The van der Waals surface area contributed by atoms with Crippen LogP contribution in [0.2, 0.25) is 0 Å². The summed E-state index contributed by atoms with van der Waals surface area (Å²) in [6, 6.07) is 2.09. The fraction of sp³-hybridized carbons (Fsp3) is 0.619. The summed E-state index contributed by atoms with van der Waals surface area (Å²) in [6.07, 6.45) is 2.88. The number of benzene rings is 1. The van der Waals surface area contributed by atoms with Crippen LogP contribution >= 0.6 is 0 Å². The van der Waals surface area contributed by atoms with Gasteiger partial charge in [0.15, 0.2) is 5.78 Å². The fourth-order valence-corrected chi connectivity index (χ4v) is 4.56. The topological polar surface area (TPSA) is 55.4 Å². The summed E-state index contributed by atoms with van der Waals surface area (Å²) in [7, 11) is 1.72. The Balaban J connectivity index is 1.98. The highest BCUT2D eigenvalue weighted by Gasteiger charge is 2.56. The molecule has 1 aliphatic carbocycles. The number of ketones is 1. The van der Waals surface area contributed by atoms with Crippen molar-refractivity contribution in [3.05, 3.63) is 33.9 Å². The SMILES string of the molecule is COC1(C)CCC2(CC1)NC(=O)C(c1c(C)cc(C)c(C)c1C)C2=O. The first-order valence-corrected chi connectivity index (χ1v) is 9.13. The quantitative estimate of drug-likeness (QED) is 0.837. The van der Waals surface area contributed by atoms with E-state index in [2.05, 4.69) is 32.2 Å². The zero-order valence-electron chi connectivity index (χ0n) is 16.2. The monoisotopic (exact) mass is 343 g/mol. The third-order valence-corrected chi connectivity index (χ3v) is 6.72. The van der Waals surface area contributed by atoms with E-state index in [0.29, 0.717) is 12.8 Å². The van der Waals surface area contributed by atoms with E-state index in [9.17, 15) is 9.59 Å². The maximum Gasteiger partial charge on any atom is 0.235 e. The standard InChI is InChI=1S/C21H29NO3/c1-12-11-13(2)16(15(4)14(12)3)17-18(23)21(22-19(17)24)9-7-20(5,25-6)8-10-21/h11,17H,7-10H2,1-6H3,(H,22,24). The molecule has 1 aromatic rings. The normalized spacial score (nSPS) is 32.3. The minimum Gasteiger partial charge on any atom is -0.379 e. The van der Waals surface area contributed by atoms with Crippen LogP contribution in [0.15, 0.2) is 6.07 Å². The summed E-state index contributed by atoms with van der Waals surface area (Å²) in [5.74, 6) is -0.767. The van der Waals surface area contributed by atoms with Gasteiger partial charge in [-0.3, -0.25) is 9.59 Å². The van der Waals surface area contributed by atoms with Crippen LogP contribution in [0, 0.1) is 27.7 Å². The van der Waals surface area contributed by atoms with Crippen molar-refractivity contribution in [1.29, 1.82) is 0 Å². The van der Waals surface area contributed by atoms with E-state index < -0.39 is 11.5 Å². The number of aryl methyl sites for hydroxylation is 2. The van der Waals surface area contributed by atoms with E-state index in [1.54, 1.807) is 7.11 Å². The third-order valence-electron chi connectivity index (χ3n) is 6.72. The average Bonchev–Trinajstić information content (AvgIpc) is 2.81. The second kappa shape index (κ2) is 5.94. The van der Waals surface area contributed by atoms with Crippen molar-refractivity contribution in [3.8, 4) is 0 Å². The molecule has 1 aromatic carbocycles. The number of carbonyl (C=O) groups is 2. The molecule has 0 aromatic heterocycles. The molecular formula is C21H29NO3. The Bertz CT molecular complexity index is 742. The second-order valence-electron chi connectivity index (χ2n) is 8.20. The predicted octanol–water partition coefficient (Wildman–Crippen LogP) is 3.42. The van der Waals surface area contributed by atoms with Crippen molar-refractivity contribution in [2.24, 2.45) is 0 Å². The van der Waals surface area contributed by atoms with Gasteiger partial charge in [0.05, 0.1) is 11.1 Å². The highest BCUT2D eigenvalue weighted by atomic mass is 16.5. The maximum atomic E-state index is 13.4. The average molecular weight is 343 g/mol. The molecule has 1 spiro atoms. The molecule has 1 saturated carbocycles. The predicted molar refractivity (Wildman–Crippen MR) is 97.9 cm³/mol. The number of rotatable bonds is 2. The molecule has 3 rings (SSSR count). The van der Waals surface area contributed by atoms with Gasteiger partial charge < -0.3 is 10.1 Å². The van der Waals surface area contributed by atoms with E-state index in [-0.39, 0.29) is 17.3 Å². The number of amides is 1. The van der Waals surface area contributed by atoms with Crippen LogP contribution in [0.4, 0.5) is 0 Å². The van der Waals surface area contributed by atoms with Crippen LogP contribution in [0.3, 0.4) is 0 Å². The summed E-state index contributed by atoms with van der Waals surface area (Å²) in [6.45, 7) is 10.2. The van der Waals surface area contributed by atoms with Gasteiger partial charge in [-0.25, -0.2) is 0 Å². The number of nitrogens with one attached hydrogen (secondary N) is 1. The first-order chi connectivity index (χ1) is 11.6. The largest absolute Gasteiger partial charge is 0.379 e. The third kappa shape index (κ3) is 2.71. The van der Waals surface area contributed by atoms with Gasteiger partial charge in [-0.05, 0) is 88.1 Å². The molecule has 4 heteroatoms. The van der Waals surface area contributed by atoms with Gasteiger partial charge in [0, 0.05) is 7.11 Å². The van der Waals surface area contributed by atoms with Crippen molar-refractivity contribution < 1.29 is 14.3 Å². The Hall–Kier alpha value is -1.68. The Morgan fingerprint density at radius 1 is 1.00 bits per heavy atom. The molecule has 1 unspecified atom stereocenters. The van der Waals surface area contributed by atoms with Crippen LogP contribution in [0.25, 0.3) is 0 Å². The molecule has 0 radical (unpaired) electrons. The summed E-state index contributed by atoms with van der Waals surface area (Å²) in [4.78, 5) is 26.2. The first-order valence-electron chi connectivity index (χ1n) is 9.13. The molecule has 1 heterocycles. The van der Waals surface area contributed by atoms with Crippen LogP contribution in [-0.4, -0.2) is 29.9 Å². The first kappa shape index (κ1) is 18.1. The summed E-state index contributed by atoms with van der Waals surface area (Å²) in [5.41, 5.74) is 4.47. The zero-order chi connectivity index (χ0) is 18.6. The van der Waals surface area contributed by atoms with E-state index in [4.69, 9.17) is 4.74 Å². The zero-order valence-corrected chi connectivity index (χ0v) is 16.2. The van der Waals surface area contributed by atoms with Crippen LogP contribution in [0.1, 0.15) is 66.3 Å². The molecule has 4 nitrogen and oxygen atoms in total. The Labute approximate surface area is 150 Å². The highest BCUT2D eigenvalue weighted by molar-refractivity contribution is 6.17. The Morgan fingerprint density at radius 3 is 2.16 bits per heavy atom. The fourth-order valence-electron chi connectivity index (χ4n) is 4.56. The van der Waals surface area contributed by atoms with Crippen molar-refractivity contribution >= 4 is 11.7 Å². The van der Waals surface area contributed by atoms with Gasteiger partial charge in [0.1, 0.15) is 5.92 Å². The summed E-state index contributed by atoms with van der Waals surface area (Å²) >= 11 is 0. The lowest BCUT2D eigenvalue weighted by atomic mass is 9.71. The smallest absolute Gasteiger partial charge is 0.235 e. The molecule has 1 amide bonds. The summed E-state index contributed by atoms with van der Waals surface area (Å²) < 4.78 is 5.60. The molecular weight excluding hydrogens is 314 g/mol. The molecule has 25 heavy (non-hydrogen) atoms. The number of hydrogen-bond donors (Lipinski definition) is 1. The van der Waals surface area contributed by atoms with Crippen LogP contribution < -0.4 is 5.32 Å². The van der Waals surface area contributed by atoms with Crippen molar-refractivity contribution in [2.45, 2.75) is 77.4 Å². The minimum atomic E-state index is -0.711. The molecule has 2 fully saturated rings. The Morgan fingerprint density at radius 2 is 1.60 bits per heavy atom. The molecule has 1 N–H and O–H groups in total. The van der Waals surface area contributed by atoms with Gasteiger partial charge in [-0.15, -0.1) is 0 Å². The number of methoxy groups -OCH3 is 1. The Kier molecular flexibility index (Phi) is 4.31. The lowest BCUT2D eigenvalue weighted by Gasteiger charge is -2.41. The van der Waals surface area contributed by atoms with Gasteiger partial charge in [0.25, 0.3) is 0 Å². The van der Waals surface area contributed by atoms with Gasteiger partial charge >= 0.3 is 0 Å². The van der Waals surface area contributed by atoms with Crippen molar-refractivity contribution in [2.75, 3.05) is 7.11 Å². The number of hydrogen-bond acceptors (Lipinski definition) is 3. The van der Waals surface area contributed by atoms with Gasteiger partial charge in [0.2, 0.25) is 5.91 Å². The van der Waals surface area contributed by atoms with Crippen molar-refractivity contribution in [3.63, 3.8) is 0 Å². The summed E-state index contributed by atoms with van der Waals surface area (Å²) in [5, 5.41) is 3.07. The van der Waals surface area contributed by atoms with E-state index in [0.717, 1.165) is 35.1 Å². The van der Waals surface area contributed by atoms with Gasteiger partial charge in [-0.2, -0.15) is 0 Å². The molecule has 1 saturated heterocycles. The van der Waals surface area contributed by atoms with Gasteiger partial charge in [-0.1, -0.05) is 6.07 Å². The molecule has 2 aliphatic rings. The molecule has 1 aliphatic heterocycles. The lowest BCUT2D eigenvalue weighted by molar-refractivity contribution is -0.127. The highest BCUT2D eigenvalue weighted by Crippen LogP contribution is 2.44. The van der Waals surface area contributed by atoms with E-state index >= 15 is 0 Å². The van der Waals surface area contributed by atoms with E-state index in [1.807, 2.05) is 13.8 Å². The van der Waals surface area contributed by atoms with Crippen LogP contribution in [-0.2, 0) is 14.3 Å². The molecule has 136 valence electrons. The van der Waals surface area contributed by atoms with E-state index in [1.165, 1.54) is 5.56 Å². The molecule has 0 bridgehead atoms. The number of Topliss-reactive ketones (excluding diaryl/α,β-unsaturated/α-hetero) is 1. The molecule has 1 atom stereocenters. The second-order valence-corrected chi connectivity index (χ2v) is 8.20. The van der Waals surface area contributed by atoms with Crippen molar-refractivity contribution in [1.82, 2.24) is 5.32 Å². The van der Waals surface area contributed by atoms with Crippen LogP contribution in [0.5, 0.6) is 0 Å². The minimum absolute atomic E-state index is 0.0464. The maximum absolute atomic E-state index is 13.4.